The SMILES string of the molecule is O=C(Nc1ccccc1C(=O)Nc1cnn(Cc2ccccc2)c1)c1ccccc1Br. The molecular formula is C24H19BrN4O2. The van der Waals surface area contributed by atoms with E-state index in [1.165, 1.54) is 0 Å². The molecule has 2 N–H and O–H groups in total. The van der Waals surface area contributed by atoms with Crippen LogP contribution < -0.4 is 10.6 Å². The summed E-state index contributed by atoms with van der Waals surface area (Å²) in [6, 6.07) is 23.9. The zero-order valence-corrected chi connectivity index (χ0v) is 18.0. The Morgan fingerprint density at radius 2 is 1.45 bits per heavy atom. The Labute approximate surface area is 188 Å². The van der Waals surface area contributed by atoms with E-state index in [1.54, 1.807) is 59.5 Å². The van der Waals surface area contributed by atoms with Crippen molar-refractivity contribution in [1.82, 2.24) is 9.78 Å². The zero-order chi connectivity index (χ0) is 21.6. The van der Waals surface area contributed by atoms with Gasteiger partial charge in [0, 0.05) is 10.7 Å². The van der Waals surface area contributed by atoms with Gasteiger partial charge in [0.1, 0.15) is 0 Å². The minimum atomic E-state index is -0.331. The van der Waals surface area contributed by atoms with Crippen LogP contribution in [0.15, 0.2) is 95.7 Å². The molecule has 0 aliphatic heterocycles. The quantitative estimate of drug-likeness (QED) is 0.403. The van der Waals surface area contributed by atoms with Gasteiger partial charge in [-0.05, 0) is 45.8 Å². The highest BCUT2D eigenvalue weighted by molar-refractivity contribution is 9.10. The molecule has 0 saturated carbocycles. The van der Waals surface area contributed by atoms with Crippen molar-refractivity contribution >= 4 is 39.1 Å². The Hall–Kier alpha value is -3.71. The maximum absolute atomic E-state index is 12.9. The number of hydrogen-bond acceptors (Lipinski definition) is 3. The van der Waals surface area contributed by atoms with E-state index in [9.17, 15) is 9.59 Å². The first-order valence-corrected chi connectivity index (χ1v) is 10.4. The molecule has 0 radical (unpaired) electrons. The van der Waals surface area contributed by atoms with E-state index in [-0.39, 0.29) is 11.8 Å². The second kappa shape index (κ2) is 9.40. The molecule has 0 aliphatic rings. The number of amides is 2. The molecule has 1 heterocycles. The van der Waals surface area contributed by atoms with Gasteiger partial charge < -0.3 is 10.6 Å². The van der Waals surface area contributed by atoms with Crippen molar-refractivity contribution in [2.24, 2.45) is 0 Å². The minimum absolute atomic E-state index is 0.302. The van der Waals surface area contributed by atoms with Gasteiger partial charge in [0.2, 0.25) is 0 Å². The third kappa shape index (κ3) is 5.07. The fourth-order valence-electron chi connectivity index (χ4n) is 3.11. The number of rotatable bonds is 6. The molecule has 0 fully saturated rings. The molecule has 4 aromatic rings. The summed E-state index contributed by atoms with van der Waals surface area (Å²) in [5, 5.41) is 9.97. The van der Waals surface area contributed by atoms with Crippen LogP contribution in [0.3, 0.4) is 0 Å². The van der Waals surface area contributed by atoms with Gasteiger partial charge in [0.05, 0.1) is 35.2 Å². The summed E-state index contributed by atoms with van der Waals surface area (Å²) >= 11 is 3.38. The van der Waals surface area contributed by atoms with Gasteiger partial charge in [-0.15, -0.1) is 0 Å². The van der Waals surface area contributed by atoms with E-state index in [0.717, 1.165) is 5.56 Å². The molecule has 7 heteroatoms. The number of hydrogen-bond donors (Lipinski definition) is 2. The highest BCUT2D eigenvalue weighted by Crippen LogP contribution is 2.21. The number of nitrogens with zero attached hydrogens (tertiary/aromatic N) is 2. The minimum Gasteiger partial charge on any atom is -0.321 e. The lowest BCUT2D eigenvalue weighted by Gasteiger charge is -2.11. The number of carbonyl (C=O) groups is 2. The van der Waals surface area contributed by atoms with Gasteiger partial charge >= 0.3 is 0 Å². The average Bonchev–Trinajstić information content (AvgIpc) is 3.21. The first-order valence-electron chi connectivity index (χ1n) is 9.63. The van der Waals surface area contributed by atoms with Crippen LogP contribution in [0.25, 0.3) is 0 Å². The van der Waals surface area contributed by atoms with Crippen LogP contribution in [-0.2, 0) is 6.54 Å². The smallest absolute Gasteiger partial charge is 0.257 e. The molecule has 1 aromatic heterocycles. The summed E-state index contributed by atoms with van der Waals surface area (Å²) in [7, 11) is 0. The van der Waals surface area contributed by atoms with E-state index in [2.05, 4.69) is 31.7 Å². The number of halogens is 1. The summed E-state index contributed by atoms with van der Waals surface area (Å²) in [4.78, 5) is 25.5. The van der Waals surface area contributed by atoms with Crippen molar-refractivity contribution in [2.75, 3.05) is 10.6 Å². The van der Waals surface area contributed by atoms with Crippen molar-refractivity contribution in [3.8, 4) is 0 Å². The lowest BCUT2D eigenvalue weighted by atomic mass is 10.1. The summed E-state index contributed by atoms with van der Waals surface area (Å²) in [6.07, 6.45) is 3.37. The maximum atomic E-state index is 12.9. The van der Waals surface area contributed by atoms with Crippen LogP contribution >= 0.6 is 15.9 Å². The van der Waals surface area contributed by atoms with Crippen LogP contribution in [0.1, 0.15) is 26.3 Å². The van der Waals surface area contributed by atoms with Gasteiger partial charge in [-0.3, -0.25) is 14.3 Å². The molecule has 4 rings (SSSR count). The number of para-hydroxylation sites is 1. The van der Waals surface area contributed by atoms with Crippen LogP contribution in [0.4, 0.5) is 11.4 Å². The van der Waals surface area contributed by atoms with E-state index in [1.807, 2.05) is 36.4 Å². The molecule has 0 unspecified atom stereocenters. The third-order valence-electron chi connectivity index (χ3n) is 4.62. The molecule has 31 heavy (non-hydrogen) atoms. The summed E-state index contributed by atoms with van der Waals surface area (Å²) in [6.45, 7) is 0.606. The van der Waals surface area contributed by atoms with E-state index < -0.39 is 0 Å². The molecule has 6 nitrogen and oxygen atoms in total. The lowest BCUT2D eigenvalue weighted by Crippen LogP contribution is -2.18. The van der Waals surface area contributed by atoms with Crippen molar-refractivity contribution in [3.05, 3.63) is 112 Å². The van der Waals surface area contributed by atoms with Gasteiger partial charge in [0.15, 0.2) is 0 Å². The summed E-state index contributed by atoms with van der Waals surface area (Å²) in [5.74, 6) is -0.634. The number of carbonyl (C=O) groups excluding carboxylic acids is 2. The molecule has 0 aliphatic carbocycles. The number of anilines is 2. The average molecular weight is 475 g/mol. The molecule has 3 aromatic carbocycles. The van der Waals surface area contributed by atoms with E-state index >= 15 is 0 Å². The van der Waals surface area contributed by atoms with Crippen molar-refractivity contribution in [2.45, 2.75) is 6.54 Å². The van der Waals surface area contributed by atoms with Crippen LogP contribution in [0.5, 0.6) is 0 Å². The Balaban J connectivity index is 1.47. The molecule has 154 valence electrons. The first-order chi connectivity index (χ1) is 15.1. The van der Waals surface area contributed by atoms with Gasteiger partial charge in [-0.2, -0.15) is 5.10 Å². The fourth-order valence-corrected chi connectivity index (χ4v) is 3.57. The zero-order valence-electron chi connectivity index (χ0n) is 16.5. The van der Waals surface area contributed by atoms with Crippen molar-refractivity contribution in [3.63, 3.8) is 0 Å². The predicted octanol–water partition coefficient (Wildman–Crippen LogP) is 5.20. The number of aromatic nitrogens is 2. The molecule has 0 bridgehead atoms. The fraction of sp³-hybridized carbons (Fsp3) is 0.0417. The van der Waals surface area contributed by atoms with Crippen LogP contribution in [0.2, 0.25) is 0 Å². The van der Waals surface area contributed by atoms with Crippen LogP contribution in [0, 0.1) is 0 Å². The first kappa shape index (κ1) is 20.6. The maximum Gasteiger partial charge on any atom is 0.257 e. The van der Waals surface area contributed by atoms with Crippen molar-refractivity contribution in [1.29, 1.82) is 0 Å². The van der Waals surface area contributed by atoms with Crippen LogP contribution in [-0.4, -0.2) is 21.6 Å². The second-order valence-corrected chi connectivity index (χ2v) is 7.70. The Kier molecular flexibility index (Phi) is 6.24. The lowest BCUT2D eigenvalue weighted by molar-refractivity contribution is 0.102. The monoisotopic (exact) mass is 474 g/mol. The predicted molar refractivity (Wildman–Crippen MR) is 124 cm³/mol. The standard InChI is InChI=1S/C24H19BrN4O2/c25-21-12-6-4-10-19(21)23(30)28-22-13-7-5-11-20(22)24(31)27-18-14-26-29(16-18)15-17-8-2-1-3-9-17/h1-14,16H,15H2,(H,27,31)(H,28,30). The molecule has 0 spiro atoms. The van der Waals surface area contributed by atoms with E-state index in [4.69, 9.17) is 0 Å². The van der Waals surface area contributed by atoms with Gasteiger partial charge in [0.25, 0.3) is 11.8 Å². The Morgan fingerprint density at radius 3 is 2.23 bits per heavy atom. The van der Waals surface area contributed by atoms with E-state index in [0.29, 0.717) is 33.5 Å². The third-order valence-corrected chi connectivity index (χ3v) is 5.31. The largest absolute Gasteiger partial charge is 0.321 e. The molecule has 0 atom stereocenters. The number of benzene rings is 3. The Morgan fingerprint density at radius 1 is 0.806 bits per heavy atom. The molecule has 0 saturated heterocycles. The topological polar surface area (TPSA) is 76.0 Å². The summed E-state index contributed by atoms with van der Waals surface area (Å²) in [5.41, 5.74) is 2.97. The normalized spacial score (nSPS) is 10.5. The molecule has 2 amide bonds. The van der Waals surface area contributed by atoms with Crippen molar-refractivity contribution < 1.29 is 9.59 Å². The Bertz CT molecular complexity index is 1220. The second-order valence-electron chi connectivity index (χ2n) is 6.85. The molecular weight excluding hydrogens is 456 g/mol. The highest BCUT2D eigenvalue weighted by atomic mass is 79.9. The summed E-state index contributed by atoms with van der Waals surface area (Å²) < 4.78 is 2.44. The van der Waals surface area contributed by atoms with Gasteiger partial charge in [-0.1, -0.05) is 54.6 Å². The number of nitrogens with one attached hydrogen (secondary N) is 2. The van der Waals surface area contributed by atoms with Gasteiger partial charge in [-0.25, -0.2) is 0 Å². The highest BCUT2D eigenvalue weighted by Gasteiger charge is 2.16.